The number of carbonyl (C=O) groups excluding carboxylic acids is 1. The maximum Gasteiger partial charge on any atom is 0.261 e. The molecule has 1 aromatic carbocycles. The number of amides is 1. The number of halogens is 1. The van der Waals surface area contributed by atoms with Crippen LogP contribution in [0.1, 0.15) is 13.3 Å². The molecule has 0 spiro atoms. The van der Waals surface area contributed by atoms with E-state index < -0.39 is 9.05 Å². The lowest BCUT2D eigenvalue weighted by molar-refractivity contribution is -0.121. The highest BCUT2D eigenvalue weighted by Gasteiger charge is 2.31. The van der Waals surface area contributed by atoms with Gasteiger partial charge in [-0.2, -0.15) is 0 Å². The van der Waals surface area contributed by atoms with E-state index in [0.29, 0.717) is 18.8 Å². The van der Waals surface area contributed by atoms with Gasteiger partial charge < -0.3 is 14.8 Å². The Bertz CT molecular complexity index is 646. The van der Waals surface area contributed by atoms with Gasteiger partial charge in [0.05, 0.1) is 29.7 Å². The average molecular weight is 334 g/mol. The molecular weight excluding hydrogens is 318 g/mol. The number of anilines is 1. The number of carbonyl (C=O) groups is 1. The Morgan fingerprint density at radius 3 is 2.71 bits per heavy atom. The van der Waals surface area contributed by atoms with Gasteiger partial charge in [0, 0.05) is 17.3 Å². The second-order valence-corrected chi connectivity index (χ2v) is 7.33. The van der Waals surface area contributed by atoms with E-state index in [1.807, 2.05) is 6.92 Å². The summed E-state index contributed by atoms with van der Waals surface area (Å²) in [7, 11) is 2.87. The minimum absolute atomic E-state index is 0.101. The van der Waals surface area contributed by atoms with Crippen molar-refractivity contribution in [3.8, 4) is 5.75 Å². The van der Waals surface area contributed by atoms with Crippen molar-refractivity contribution in [2.75, 3.05) is 19.0 Å². The SMILES string of the molecule is COc1ccc(S(=O)(=O)Cl)cc1NC(=O)C1CCOC1C. The fourth-order valence-corrected chi connectivity index (χ4v) is 3.02. The molecule has 0 bridgehead atoms. The molecule has 1 N–H and O–H groups in total. The largest absolute Gasteiger partial charge is 0.495 e. The highest BCUT2D eigenvalue weighted by Crippen LogP contribution is 2.30. The van der Waals surface area contributed by atoms with Crippen LogP contribution in [0.25, 0.3) is 0 Å². The van der Waals surface area contributed by atoms with Crippen LogP contribution in [0.3, 0.4) is 0 Å². The van der Waals surface area contributed by atoms with Crippen LogP contribution in [0, 0.1) is 5.92 Å². The number of rotatable bonds is 4. The molecule has 0 aliphatic carbocycles. The third-order valence-electron chi connectivity index (χ3n) is 3.42. The van der Waals surface area contributed by atoms with Crippen LogP contribution in [0.15, 0.2) is 23.1 Å². The molecule has 0 aromatic heterocycles. The lowest BCUT2D eigenvalue weighted by Crippen LogP contribution is -2.28. The van der Waals surface area contributed by atoms with Crippen molar-refractivity contribution in [3.05, 3.63) is 18.2 Å². The third kappa shape index (κ3) is 3.66. The van der Waals surface area contributed by atoms with Crippen molar-refractivity contribution in [2.24, 2.45) is 5.92 Å². The summed E-state index contributed by atoms with van der Waals surface area (Å²) in [5.41, 5.74) is 0.267. The second kappa shape index (κ2) is 6.21. The molecule has 1 saturated heterocycles. The maximum atomic E-state index is 12.2. The monoisotopic (exact) mass is 333 g/mol. The molecular formula is C13H16ClNO5S. The molecule has 2 unspecified atom stereocenters. The molecule has 6 nitrogen and oxygen atoms in total. The molecule has 1 aliphatic rings. The van der Waals surface area contributed by atoms with Gasteiger partial charge in [0.25, 0.3) is 9.05 Å². The van der Waals surface area contributed by atoms with E-state index in [0.717, 1.165) is 0 Å². The van der Waals surface area contributed by atoms with Gasteiger partial charge in [0.2, 0.25) is 5.91 Å². The second-order valence-electron chi connectivity index (χ2n) is 4.76. The maximum absolute atomic E-state index is 12.2. The molecule has 1 amide bonds. The van der Waals surface area contributed by atoms with Crippen LogP contribution in [0.2, 0.25) is 0 Å². The Kier molecular flexibility index (Phi) is 4.75. The Hall–Kier alpha value is -1.31. The number of ether oxygens (including phenoxy) is 2. The Balaban J connectivity index is 2.27. The molecule has 1 fully saturated rings. The molecule has 21 heavy (non-hydrogen) atoms. The Morgan fingerprint density at radius 2 is 2.19 bits per heavy atom. The first-order valence-electron chi connectivity index (χ1n) is 6.38. The summed E-state index contributed by atoms with van der Waals surface area (Å²) < 4.78 is 33.2. The van der Waals surface area contributed by atoms with Gasteiger partial charge in [-0.1, -0.05) is 0 Å². The molecule has 2 atom stereocenters. The number of hydrogen-bond donors (Lipinski definition) is 1. The predicted molar refractivity (Wildman–Crippen MR) is 78.2 cm³/mol. The standard InChI is InChI=1S/C13H16ClNO5S/c1-8-10(5-6-20-8)13(16)15-11-7-9(21(14,17)18)3-4-12(11)19-2/h3-4,7-8,10H,5-6H2,1-2H3,(H,15,16). The molecule has 116 valence electrons. The summed E-state index contributed by atoms with van der Waals surface area (Å²) >= 11 is 0. The van der Waals surface area contributed by atoms with E-state index in [1.54, 1.807) is 0 Å². The van der Waals surface area contributed by atoms with Gasteiger partial charge in [-0.3, -0.25) is 4.79 Å². The number of nitrogens with one attached hydrogen (secondary N) is 1. The van der Waals surface area contributed by atoms with Gasteiger partial charge in [-0.05, 0) is 31.5 Å². The highest BCUT2D eigenvalue weighted by atomic mass is 35.7. The first-order valence-corrected chi connectivity index (χ1v) is 8.69. The Morgan fingerprint density at radius 1 is 1.48 bits per heavy atom. The van der Waals surface area contributed by atoms with E-state index in [2.05, 4.69) is 5.32 Å². The minimum Gasteiger partial charge on any atom is -0.495 e. The van der Waals surface area contributed by atoms with Crippen LogP contribution < -0.4 is 10.1 Å². The van der Waals surface area contributed by atoms with Gasteiger partial charge >= 0.3 is 0 Å². The normalized spacial score (nSPS) is 22.0. The fourth-order valence-electron chi connectivity index (χ4n) is 2.24. The lowest BCUT2D eigenvalue weighted by Gasteiger charge is -2.16. The van der Waals surface area contributed by atoms with Crippen molar-refractivity contribution in [1.82, 2.24) is 0 Å². The van der Waals surface area contributed by atoms with E-state index in [9.17, 15) is 13.2 Å². The topological polar surface area (TPSA) is 81.7 Å². The summed E-state index contributed by atoms with van der Waals surface area (Å²) in [5.74, 6) is -0.146. The zero-order valence-electron chi connectivity index (χ0n) is 11.6. The third-order valence-corrected chi connectivity index (χ3v) is 4.77. The quantitative estimate of drug-likeness (QED) is 0.852. The van der Waals surface area contributed by atoms with Gasteiger partial charge in [0.15, 0.2) is 0 Å². The van der Waals surface area contributed by atoms with E-state index in [4.69, 9.17) is 20.2 Å². The zero-order chi connectivity index (χ0) is 15.6. The van der Waals surface area contributed by atoms with Crippen LogP contribution in [-0.4, -0.2) is 34.1 Å². The predicted octanol–water partition coefficient (Wildman–Crippen LogP) is 1.99. The summed E-state index contributed by atoms with van der Waals surface area (Å²) in [6.07, 6.45) is 0.457. The van der Waals surface area contributed by atoms with E-state index in [-0.39, 0.29) is 28.5 Å². The van der Waals surface area contributed by atoms with Crippen molar-refractivity contribution >= 4 is 31.3 Å². The Labute approximate surface area is 127 Å². The lowest BCUT2D eigenvalue weighted by atomic mass is 10.0. The summed E-state index contributed by atoms with van der Waals surface area (Å²) in [5, 5.41) is 2.68. The number of hydrogen-bond acceptors (Lipinski definition) is 5. The molecule has 1 aromatic rings. The first-order chi connectivity index (χ1) is 9.82. The highest BCUT2D eigenvalue weighted by molar-refractivity contribution is 8.13. The summed E-state index contributed by atoms with van der Waals surface area (Å²) in [4.78, 5) is 12.1. The fraction of sp³-hybridized carbons (Fsp3) is 0.462. The van der Waals surface area contributed by atoms with Crippen molar-refractivity contribution in [3.63, 3.8) is 0 Å². The van der Waals surface area contributed by atoms with Gasteiger partial charge in [0.1, 0.15) is 5.75 Å². The molecule has 0 radical (unpaired) electrons. The smallest absolute Gasteiger partial charge is 0.261 e. The molecule has 0 saturated carbocycles. The molecule has 1 aliphatic heterocycles. The van der Waals surface area contributed by atoms with Gasteiger partial charge in [-0.25, -0.2) is 8.42 Å². The van der Waals surface area contributed by atoms with Crippen LogP contribution in [0.5, 0.6) is 5.75 Å². The van der Waals surface area contributed by atoms with Crippen molar-refractivity contribution < 1.29 is 22.7 Å². The summed E-state index contributed by atoms with van der Waals surface area (Å²) in [6, 6.07) is 4.04. The first kappa shape index (κ1) is 16.1. The van der Waals surface area contributed by atoms with Crippen LogP contribution in [0.4, 0.5) is 5.69 Å². The number of methoxy groups -OCH3 is 1. The zero-order valence-corrected chi connectivity index (χ0v) is 13.2. The molecule has 2 rings (SSSR count). The van der Waals surface area contributed by atoms with Gasteiger partial charge in [-0.15, -0.1) is 0 Å². The minimum atomic E-state index is -3.88. The van der Waals surface area contributed by atoms with E-state index >= 15 is 0 Å². The van der Waals surface area contributed by atoms with Crippen molar-refractivity contribution in [2.45, 2.75) is 24.3 Å². The summed E-state index contributed by atoms with van der Waals surface area (Å²) in [6.45, 7) is 2.36. The van der Waals surface area contributed by atoms with E-state index in [1.165, 1.54) is 25.3 Å². The molecule has 8 heteroatoms. The molecule has 1 heterocycles. The van der Waals surface area contributed by atoms with Crippen LogP contribution >= 0.6 is 10.7 Å². The number of benzene rings is 1. The van der Waals surface area contributed by atoms with Crippen LogP contribution in [-0.2, 0) is 18.6 Å². The average Bonchev–Trinajstić information content (AvgIpc) is 2.84. The van der Waals surface area contributed by atoms with Crippen molar-refractivity contribution in [1.29, 1.82) is 0 Å².